The molecule has 0 unspecified atom stereocenters. The number of hydrogen-bond acceptors (Lipinski definition) is 8. The summed E-state index contributed by atoms with van der Waals surface area (Å²) in [5.41, 5.74) is 4.72. The lowest BCUT2D eigenvalue weighted by atomic mass is 9.93. The van der Waals surface area contributed by atoms with Crippen LogP contribution in [0.3, 0.4) is 0 Å². The first kappa shape index (κ1) is 38.1. The van der Waals surface area contributed by atoms with Crippen molar-refractivity contribution in [3.63, 3.8) is 0 Å². The Balaban J connectivity index is 1.27. The second-order valence-electron chi connectivity index (χ2n) is 13.1. The molecule has 280 valence electrons. The largest absolute Gasteiger partial charge is 0.497 e. The minimum atomic E-state index is -0.445. The SMILES string of the molecule is COc1ccc(/C=C2/CN(C(=O)CC(=O)N3C/C(=C\c4ccc(OC)cc4)C(=O)/C(=C/c4ccc(OC)cc4)C3)C/C(=C\c3ccc(OC)cc3)C2=O)cc1. The molecule has 0 aromatic heterocycles. The number of hydrogen-bond donors (Lipinski definition) is 0. The van der Waals surface area contributed by atoms with Gasteiger partial charge in [-0.3, -0.25) is 19.2 Å². The zero-order valence-electron chi connectivity index (χ0n) is 31.2. The number of Topliss-reactive ketones (excluding diaryl/α,β-unsaturated/α-hetero) is 2. The summed E-state index contributed by atoms with van der Waals surface area (Å²) >= 11 is 0. The van der Waals surface area contributed by atoms with Crippen LogP contribution in [0.25, 0.3) is 24.3 Å². The van der Waals surface area contributed by atoms with Crippen LogP contribution in [0.15, 0.2) is 119 Å². The van der Waals surface area contributed by atoms with Gasteiger partial charge in [-0.2, -0.15) is 0 Å². The van der Waals surface area contributed by atoms with Gasteiger partial charge in [-0.25, -0.2) is 0 Å². The fourth-order valence-electron chi connectivity index (χ4n) is 6.39. The molecule has 2 heterocycles. The monoisotopic (exact) mass is 738 g/mol. The van der Waals surface area contributed by atoms with Crippen LogP contribution in [0.2, 0.25) is 0 Å². The molecule has 10 heteroatoms. The Morgan fingerprint density at radius 3 is 0.855 bits per heavy atom. The first-order valence-electron chi connectivity index (χ1n) is 17.7. The van der Waals surface area contributed by atoms with E-state index in [0.29, 0.717) is 45.3 Å². The molecule has 0 N–H and O–H groups in total. The Morgan fingerprint density at radius 2 is 0.655 bits per heavy atom. The number of carbonyl (C=O) groups excluding carboxylic acids is 4. The summed E-state index contributed by atoms with van der Waals surface area (Å²) in [6, 6.07) is 29.1. The number of rotatable bonds is 10. The highest BCUT2D eigenvalue weighted by atomic mass is 16.5. The Labute approximate surface area is 320 Å². The van der Waals surface area contributed by atoms with Crippen LogP contribution in [0.5, 0.6) is 23.0 Å². The van der Waals surface area contributed by atoms with Gasteiger partial charge in [0.2, 0.25) is 11.8 Å². The zero-order chi connectivity index (χ0) is 38.9. The van der Waals surface area contributed by atoms with Crippen molar-refractivity contribution in [2.75, 3.05) is 54.6 Å². The fraction of sp³-hybridized carbons (Fsp3) is 0.200. The number of piperidine rings is 2. The molecule has 0 aliphatic carbocycles. The molecule has 2 fully saturated rings. The lowest BCUT2D eigenvalue weighted by molar-refractivity contribution is -0.140. The zero-order valence-corrected chi connectivity index (χ0v) is 31.2. The van der Waals surface area contributed by atoms with E-state index in [1.807, 2.05) is 48.5 Å². The minimum absolute atomic E-state index is 0.0284. The summed E-state index contributed by atoms with van der Waals surface area (Å²) in [5.74, 6) is 1.48. The molecule has 4 aromatic carbocycles. The highest BCUT2D eigenvalue weighted by Crippen LogP contribution is 2.27. The lowest BCUT2D eigenvalue weighted by Gasteiger charge is -2.32. The third-order valence-electron chi connectivity index (χ3n) is 9.45. The molecule has 0 bridgehead atoms. The van der Waals surface area contributed by atoms with Gasteiger partial charge in [0.25, 0.3) is 0 Å². The van der Waals surface area contributed by atoms with E-state index in [-0.39, 0.29) is 37.7 Å². The molecule has 6 rings (SSSR count). The van der Waals surface area contributed by atoms with E-state index in [1.54, 1.807) is 101 Å². The number of methoxy groups -OCH3 is 4. The quantitative estimate of drug-likeness (QED) is 0.133. The average molecular weight is 739 g/mol. The average Bonchev–Trinajstić information content (AvgIpc) is 3.21. The Hall–Kier alpha value is -6.68. The molecule has 2 amide bonds. The minimum Gasteiger partial charge on any atom is -0.497 e. The van der Waals surface area contributed by atoms with E-state index in [4.69, 9.17) is 18.9 Å². The van der Waals surface area contributed by atoms with Gasteiger partial charge in [0.15, 0.2) is 11.6 Å². The molecule has 2 aliphatic heterocycles. The van der Waals surface area contributed by atoms with E-state index in [1.165, 1.54) is 9.80 Å². The summed E-state index contributed by atoms with van der Waals surface area (Å²) in [6.07, 6.45) is 6.59. The normalized spacial score (nSPS) is 17.5. The van der Waals surface area contributed by atoms with Gasteiger partial charge in [0.1, 0.15) is 29.4 Å². The summed E-state index contributed by atoms with van der Waals surface area (Å²) in [6.45, 7) is 0.114. The van der Waals surface area contributed by atoms with Crippen molar-refractivity contribution < 1.29 is 38.1 Å². The molecule has 2 aliphatic rings. The van der Waals surface area contributed by atoms with Gasteiger partial charge >= 0.3 is 0 Å². The third kappa shape index (κ3) is 9.47. The summed E-state index contributed by atoms with van der Waals surface area (Å²) in [7, 11) is 6.32. The number of ketones is 2. The predicted molar refractivity (Wildman–Crippen MR) is 212 cm³/mol. The van der Waals surface area contributed by atoms with Crippen LogP contribution >= 0.6 is 0 Å². The van der Waals surface area contributed by atoms with Gasteiger partial charge in [0, 0.05) is 48.5 Å². The number of amides is 2. The van der Waals surface area contributed by atoms with E-state index < -0.39 is 18.2 Å². The topological polar surface area (TPSA) is 112 Å². The number of carbonyl (C=O) groups is 4. The fourth-order valence-corrected chi connectivity index (χ4v) is 6.39. The van der Waals surface area contributed by atoms with Crippen LogP contribution in [-0.2, 0) is 19.2 Å². The van der Waals surface area contributed by atoms with E-state index in [9.17, 15) is 19.2 Å². The van der Waals surface area contributed by atoms with Crippen LogP contribution in [-0.4, -0.2) is 87.8 Å². The van der Waals surface area contributed by atoms with Crippen molar-refractivity contribution in [3.05, 3.63) is 142 Å². The number of likely N-dealkylation sites (tertiary alicyclic amines) is 2. The summed E-state index contributed by atoms with van der Waals surface area (Å²) in [4.78, 5) is 58.8. The second kappa shape index (κ2) is 17.4. The van der Waals surface area contributed by atoms with Crippen molar-refractivity contribution in [2.45, 2.75) is 6.42 Å². The molecule has 2 saturated heterocycles. The Morgan fingerprint density at radius 1 is 0.436 bits per heavy atom. The predicted octanol–water partition coefficient (Wildman–Crippen LogP) is 6.57. The molecule has 0 spiro atoms. The molecule has 0 atom stereocenters. The van der Waals surface area contributed by atoms with Crippen LogP contribution < -0.4 is 18.9 Å². The summed E-state index contributed by atoms with van der Waals surface area (Å²) < 4.78 is 21.1. The molecular weight excluding hydrogens is 697 g/mol. The van der Waals surface area contributed by atoms with E-state index in [0.717, 1.165) is 22.3 Å². The maximum Gasteiger partial charge on any atom is 0.232 e. The van der Waals surface area contributed by atoms with E-state index in [2.05, 4.69) is 0 Å². The number of ether oxygens (including phenoxy) is 4. The van der Waals surface area contributed by atoms with Gasteiger partial charge in [0.05, 0.1) is 28.4 Å². The molecule has 0 radical (unpaired) electrons. The first-order valence-corrected chi connectivity index (χ1v) is 17.7. The molecule has 4 aromatic rings. The van der Waals surface area contributed by atoms with Gasteiger partial charge < -0.3 is 28.7 Å². The molecule has 10 nitrogen and oxygen atoms in total. The maximum atomic E-state index is 14.0. The van der Waals surface area contributed by atoms with Crippen molar-refractivity contribution >= 4 is 47.7 Å². The highest BCUT2D eigenvalue weighted by Gasteiger charge is 2.33. The maximum absolute atomic E-state index is 14.0. The number of benzene rings is 4. The second-order valence-corrected chi connectivity index (χ2v) is 13.1. The molecule has 0 saturated carbocycles. The van der Waals surface area contributed by atoms with Gasteiger partial charge in [-0.15, -0.1) is 0 Å². The van der Waals surface area contributed by atoms with Crippen molar-refractivity contribution in [3.8, 4) is 23.0 Å². The Bertz CT molecular complexity index is 1880. The standard InChI is InChI=1S/C45H42N2O8/c1-52-38-13-5-30(6-14-38)21-34-26-46(27-35(44(34)50)22-31-7-15-39(53-2)16-8-31)42(48)25-43(49)47-28-36(23-32-9-17-40(54-3)18-10-32)45(51)37(29-47)24-33-11-19-41(55-4)20-12-33/h5-24H,25-29H2,1-4H3/b34-21-,35-22+,36-23+,37-24+. The van der Waals surface area contributed by atoms with Crippen molar-refractivity contribution in [2.24, 2.45) is 0 Å². The first-order chi connectivity index (χ1) is 26.7. The third-order valence-corrected chi connectivity index (χ3v) is 9.45. The smallest absolute Gasteiger partial charge is 0.232 e. The Kier molecular flexibility index (Phi) is 12.1. The van der Waals surface area contributed by atoms with Crippen LogP contribution in [0.1, 0.15) is 28.7 Å². The van der Waals surface area contributed by atoms with Crippen molar-refractivity contribution in [1.82, 2.24) is 9.80 Å². The highest BCUT2D eigenvalue weighted by molar-refractivity contribution is 6.17. The summed E-state index contributed by atoms with van der Waals surface area (Å²) in [5, 5.41) is 0. The van der Waals surface area contributed by atoms with E-state index >= 15 is 0 Å². The van der Waals surface area contributed by atoms with Gasteiger partial charge in [-0.1, -0.05) is 48.5 Å². The number of nitrogens with zero attached hydrogens (tertiary/aromatic N) is 2. The van der Waals surface area contributed by atoms with Gasteiger partial charge in [-0.05, 0) is 95.1 Å². The van der Waals surface area contributed by atoms with Crippen molar-refractivity contribution in [1.29, 1.82) is 0 Å². The molecular formula is C45H42N2O8. The van der Waals surface area contributed by atoms with Crippen LogP contribution in [0, 0.1) is 0 Å². The lowest BCUT2D eigenvalue weighted by Crippen LogP contribution is -2.46. The van der Waals surface area contributed by atoms with Crippen LogP contribution in [0.4, 0.5) is 0 Å². The molecule has 55 heavy (non-hydrogen) atoms.